The average molecular weight is 360 g/mol. The van der Waals surface area contributed by atoms with E-state index in [-0.39, 0.29) is 0 Å². The van der Waals surface area contributed by atoms with Crippen molar-refractivity contribution in [3.63, 3.8) is 0 Å². The van der Waals surface area contributed by atoms with Crippen molar-refractivity contribution in [1.82, 2.24) is 20.2 Å². The fourth-order valence-corrected chi connectivity index (χ4v) is 2.24. The first-order valence-electron chi connectivity index (χ1n) is 6.29. The molecule has 124 valence electrons. The molecular formula is C12H14ClN5O4S. The molecule has 2 aromatic rings. The van der Waals surface area contributed by atoms with Crippen LogP contribution >= 0.6 is 23.4 Å². The molecule has 0 aliphatic rings. The number of hydrogen-bond donors (Lipinski definition) is 3. The summed E-state index contributed by atoms with van der Waals surface area (Å²) in [5.74, 6) is -2.74. The number of aliphatic carboxylic acids is 2. The molecule has 4 N–H and O–H groups in total. The molecule has 1 aromatic carbocycles. The van der Waals surface area contributed by atoms with Crippen LogP contribution < -0.4 is 5.73 Å². The van der Waals surface area contributed by atoms with Crippen molar-refractivity contribution in [2.75, 3.05) is 12.3 Å². The summed E-state index contributed by atoms with van der Waals surface area (Å²) in [6, 6.07) is 7.39. The van der Waals surface area contributed by atoms with Gasteiger partial charge in [0.2, 0.25) is 5.16 Å². The smallest absolute Gasteiger partial charge is 0.414 e. The molecule has 0 bridgehead atoms. The lowest BCUT2D eigenvalue weighted by molar-refractivity contribution is -0.159. The van der Waals surface area contributed by atoms with Crippen molar-refractivity contribution in [1.29, 1.82) is 0 Å². The second-order valence-corrected chi connectivity index (χ2v) is 5.45. The Hall–Kier alpha value is -2.17. The van der Waals surface area contributed by atoms with Gasteiger partial charge in [-0.3, -0.25) is 0 Å². The highest BCUT2D eigenvalue weighted by atomic mass is 35.5. The summed E-state index contributed by atoms with van der Waals surface area (Å²) in [6.45, 7) is 0.676. The summed E-state index contributed by atoms with van der Waals surface area (Å²) >= 11 is 7.43. The lowest BCUT2D eigenvalue weighted by atomic mass is 10.3. The van der Waals surface area contributed by atoms with Gasteiger partial charge in [-0.05, 0) is 47.7 Å². The Labute approximate surface area is 140 Å². The van der Waals surface area contributed by atoms with Crippen LogP contribution in [0.15, 0.2) is 29.4 Å². The minimum Gasteiger partial charge on any atom is -0.473 e. The van der Waals surface area contributed by atoms with Crippen LogP contribution in [0.3, 0.4) is 0 Å². The summed E-state index contributed by atoms with van der Waals surface area (Å²) in [5, 5.41) is 27.9. The summed E-state index contributed by atoms with van der Waals surface area (Å²) in [6.07, 6.45) is 0.943. The fraction of sp³-hybridized carbons (Fsp3) is 0.250. The number of rotatable bonds is 5. The predicted molar refractivity (Wildman–Crippen MR) is 83.8 cm³/mol. The molecule has 0 aliphatic heterocycles. The molecule has 1 heterocycles. The Morgan fingerprint density at radius 3 is 2.35 bits per heavy atom. The molecule has 0 aliphatic carbocycles. The third-order valence-corrected chi connectivity index (χ3v) is 3.53. The number of hydrogen-bond acceptors (Lipinski definition) is 7. The zero-order valence-electron chi connectivity index (χ0n) is 11.8. The molecular weight excluding hydrogens is 346 g/mol. The van der Waals surface area contributed by atoms with E-state index in [0.29, 0.717) is 11.6 Å². The largest absolute Gasteiger partial charge is 0.473 e. The first-order chi connectivity index (χ1) is 11.0. The number of nitrogens with zero attached hydrogens (tertiary/aromatic N) is 4. The van der Waals surface area contributed by atoms with Gasteiger partial charge in [-0.2, -0.15) is 4.68 Å². The van der Waals surface area contributed by atoms with Gasteiger partial charge in [0.15, 0.2) is 0 Å². The summed E-state index contributed by atoms with van der Waals surface area (Å²) < 4.78 is 1.69. The Balaban J connectivity index is 0.000000379. The van der Waals surface area contributed by atoms with Crippen LogP contribution in [0.4, 0.5) is 0 Å². The van der Waals surface area contributed by atoms with E-state index in [9.17, 15) is 0 Å². The van der Waals surface area contributed by atoms with Crippen molar-refractivity contribution in [3.05, 3.63) is 29.3 Å². The number of halogens is 1. The number of thioether (sulfide) groups is 1. The normalized spacial score (nSPS) is 9.83. The van der Waals surface area contributed by atoms with Crippen LogP contribution in [0.2, 0.25) is 5.02 Å². The highest BCUT2D eigenvalue weighted by Gasteiger charge is 2.08. The minimum atomic E-state index is -1.82. The fourth-order valence-electron chi connectivity index (χ4n) is 1.26. The summed E-state index contributed by atoms with van der Waals surface area (Å²) in [7, 11) is 0. The van der Waals surface area contributed by atoms with Gasteiger partial charge in [-0.1, -0.05) is 23.4 Å². The Morgan fingerprint density at radius 2 is 1.83 bits per heavy atom. The van der Waals surface area contributed by atoms with Crippen molar-refractivity contribution in [2.24, 2.45) is 5.73 Å². The highest BCUT2D eigenvalue weighted by molar-refractivity contribution is 7.99. The van der Waals surface area contributed by atoms with Gasteiger partial charge >= 0.3 is 11.9 Å². The van der Waals surface area contributed by atoms with Gasteiger partial charge in [0.05, 0.1) is 5.69 Å². The Kier molecular flexibility index (Phi) is 8.02. The van der Waals surface area contributed by atoms with Crippen LogP contribution in [-0.4, -0.2) is 54.7 Å². The zero-order valence-corrected chi connectivity index (χ0v) is 13.4. The van der Waals surface area contributed by atoms with Crippen molar-refractivity contribution >= 4 is 35.3 Å². The molecule has 2 rings (SSSR count). The number of carboxylic acid groups (broad SMARTS) is 2. The van der Waals surface area contributed by atoms with Crippen LogP contribution in [0.5, 0.6) is 0 Å². The first-order valence-corrected chi connectivity index (χ1v) is 7.65. The quantitative estimate of drug-likeness (QED) is 0.403. The van der Waals surface area contributed by atoms with Gasteiger partial charge in [0.25, 0.3) is 0 Å². The number of benzene rings is 1. The molecule has 0 spiro atoms. The molecule has 0 fully saturated rings. The zero-order chi connectivity index (χ0) is 17.2. The van der Waals surface area contributed by atoms with Crippen molar-refractivity contribution < 1.29 is 19.8 Å². The molecule has 0 radical (unpaired) electrons. The van der Waals surface area contributed by atoms with E-state index in [4.69, 9.17) is 37.1 Å². The molecule has 1 aromatic heterocycles. The monoisotopic (exact) mass is 359 g/mol. The number of nitrogens with two attached hydrogens (primary N) is 1. The third kappa shape index (κ3) is 6.63. The predicted octanol–water partition coefficient (Wildman–Crippen LogP) is 0.912. The van der Waals surface area contributed by atoms with Gasteiger partial charge in [0, 0.05) is 10.8 Å². The standard InChI is InChI=1S/C10H12ClN5S.C2H2O4/c11-8-2-4-9(5-3-8)16-10(13-14-15-16)17-7-1-6-12;3-1(4)2(5)6/h2-5H,1,6-7,12H2;(H,3,4)(H,5,6). The topological polar surface area (TPSA) is 144 Å². The maximum Gasteiger partial charge on any atom is 0.414 e. The highest BCUT2D eigenvalue weighted by Crippen LogP contribution is 2.19. The van der Waals surface area contributed by atoms with Crippen LogP contribution in [0.25, 0.3) is 5.69 Å². The van der Waals surface area contributed by atoms with E-state index in [1.807, 2.05) is 24.3 Å². The minimum absolute atomic E-state index is 0.676. The third-order valence-electron chi connectivity index (χ3n) is 2.27. The number of carboxylic acids is 2. The van der Waals surface area contributed by atoms with Gasteiger partial charge < -0.3 is 15.9 Å². The summed E-state index contributed by atoms with van der Waals surface area (Å²) in [4.78, 5) is 18.2. The molecule has 0 saturated heterocycles. The van der Waals surface area contributed by atoms with E-state index in [0.717, 1.165) is 23.0 Å². The lowest BCUT2D eigenvalue weighted by Crippen LogP contribution is -2.09. The van der Waals surface area contributed by atoms with Crippen LogP contribution in [0.1, 0.15) is 6.42 Å². The van der Waals surface area contributed by atoms with Gasteiger partial charge in [0.1, 0.15) is 0 Å². The first kappa shape index (κ1) is 18.9. The van der Waals surface area contributed by atoms with E-state index >= 15 is 0 Å². The van der Waals surface area contributed by atoms with Gasteiger partial charge in [-0.25, -0.2) is 9.59 Å². The Morgan fingerprint density at radius 1 is 1.22 bits per heavy atom. The molecule has 11 heteroatoms. The van der Waals surface area contributed by atoms with E-state index in [2.05, 4.69) is 15.5 Å². The number of carbonyl (C=O) groups is 2. The molecule has 0 atom stereocenters. The van der Waals surface area contributed by atoms with Crippen molar-refractivity contribution in [3.8, 4) is 5.69 Å². The molecule has 0 saturated carbocycles. The molecule has 0 unspecified atom stereocenters. The summed E-state index contributed by atoms with van der Waals surface area (Å²) in [5.41, 5.74) is 6.35. The number of tetrazole rings is 1. The van der Waals surface area contributed by atoms with Gasteiger partial charge in [-0.15, -0.1) is 5.10 Å². The molecule has 0 amide bonds. The second kappa shape index (κ2) is 9.77. The number of aromatic nitrogens is 4. The van der Waals surface area contributed by atoms with E-state index in [1.165, 1.54) is 0 Å². The maximum absolute atomic E-state index is 9.10. The average Bonchev–Trinajstić information content (AvgIpc) is 2.97. The Bertz CT molecular complexity index is 637. The lowest BCUT2D eigenvalue weighted by Gasteiger charge is -2.03. The van der Waals surface area contributed by atoms with Crippen molar-refractivity contribution in [2.45, 2.75) is 11.6 Å². The molecule has 23 heavy (non-hydrogen) atoms. The molecule has 9 nitrogen and oxygen atoms in total. The van der Waals surface area contributed by atoms with E-state index in [1.54, 1.807) is 16.4 Å². The van der Waals surface area contributed by atoms with Crippen LogP contribution in [0, 0.1) is 0 Å². The SMILES string of the molecule is NCCCSc1nnnn1-c1ccc(Cl)cc1.O=C(O)C(=O)O. The van der Waals surface area contributed by atoms with E-state index < -0.39 is 11.9 Å². The maximum atomic E-state index is 9.10. The second-order valence-electron chi connectivity index (χ2n) is 3.95. The van der Waals surface area contributed by atoms with Crippen LogP contribution in [-0.2, 0) is 9.59 Å².